The lowest BCUT2D eigenvalue weighted by atomic mass is 9.83. The minimum Gasteiger partial charge on any atom is -0.497 e. The SMILES string of the molecule is COc1ccc(OC)c([C@H]2C3=C(N=c4s/c(=C\c5ccc(-c6cc(Cl)c([N+](=O)[O-])cc6Cl)o5)c(=O)n42)c2ccccc2CC3)c1. The van der Waals surface area contributed by atoms with Crippen LogP contribution in [0.1, 0.15) is 34.9 Å². The predicted molar refractivity (Wildman–Crippen MR) is 173 cm³/mol. The van der Waals surface area contributed by atoms with Crippen molar-refractivity contribution in [2.45, 2.75) is 18.9 Å². The number of nitro groups is 1. The van der Waals surface area contributed by atoms with Crippen LogP contribution in [0.5, 0.6) is 11.5 Å². The lowest BCUT2D eigenvalue weighted by Gasteiger charge is -2.31. The molecule has 3 aromatic carbocycles. The van der Waals surface area contributed by atoms with Crippen LogP contribution in [-0.4, -0.2) is 23.7 Å². The molecule has 0 N–H and O–H groups in total. The topological polar surface area (TPSA) is 109 Å². The summed E-state index contributed by atoms with van der Waals surface area (Å²) >= 11 is 13.7. The summed E-state index contributed by atoms with van der Waals surface area (Å²) in [7, 11) is 3.22. The molecule has 0 bridgehead atoms. The largest absolute Gasteiger partial charge is 0.497 e. The van der Waals surface area contributed by atoms with E-state index >= 15 is 0 Å². The van der Waals surface area contributed by atoms with E-state index in [9.17, 15) is 14.9 Å². The van der Waals surface area contributed by atoms with E-state index < -0.39 is 11.0 Å². The molecular formula is C33H23Cl2N3O6S. The van der Waals surface area contributed by atoms with Crippen molar-refractivity contribution < 1.29 is 18.8 Å². The fraction of sp³-hybridized carbons (Fsp3) is 0.152. The van der Waals surface area contributed by atoms with Crippen LogP contribution >= 0.6 is 34.5 Å². The maximum absolute atomic E-state index is 14.2. The summed E-state index contributed by atoms with van der Waals surface area (Å²) in [5.41, 5.74) is 4.83. The number of benzene rings is 3. The molecule has 0 saturated heterocycles. The van der Waals surface area contributed by atoms with Gasteiger partial charge in [-0.1, -0.05) is 58.8 Å². The number of ether oxygens (including phenoxy) is 2. The van der Waals surface area contributed by atoms with Gasteiger partial charge < -0.3 is 13.9 Å². The Morgan fingerprint density at radius 2 is 1.84 bits per heavy atom. The van der Waals surface area contributed by atoms with E-state index in [0.717, 1.165) is 35.2 Å². The van der Waals surface area contributed by atoms with Crippen LogP contribution < -0.4 is 24.4 Å². The van der Waals surface area contributed by atoms with Gasteiger partial charge in [0.1, 0.15) is 28.0 Å². The summed E-state index contributed by atoms with van der Waals surface area (Å²) in [5.74, 6) is 2.03. The number of furan rings is 1. The molecule has 2 aliphatic rings. The van der Waals surface area contributed by atoms with Crippen LogP contribution in [0.25, 0.3) is 23.1 Å². The third-order valence-corrected chi connectivity index (χ3v) is 9.60. The number of thiazole rings is 1. The van der Waals surface area contributed by atoms with Gasteiger partial charge in [-0.05, 0) is 60.4 Å². The number of fused-ring (bicyclic) bond motifs is 3. The maximum atomic E-state index is 14.2. The molecule has 0 spiro atoms. The van der Waals surface area contributed by atoms with Crippen LogP contribution in [0.2, 0.25) is 10.0 Å². The molecule has 12 heteroatoms. The normalized spacial score (nSPS) is 15.6. The molecule has 1 aliphatic heterocycles. The van der Waals surface area contributed by atoms with Gasteiger partial charge in [-0.15, -0.1) is 0 Å². The summed E-state index contributed by atoms with van der Waals surface area (Å²) < 4.78 is 19.5. The molecule has 7 rings (SSSR count). The van der Waals surface area contributed by atoms with Crippen molar-refractivity contribution in [3.63, 3.8) is 0 Å². The number of nitrogens with zero attached hydrogens (tertiary/aromatic N) is 3. The first-order valence-corrected chi connectivity index (χ1v) is 15.4. The molecule has 0 amide bonds. The lowest BCUT2D eigenvalue weighted by Crippen LogP contribution is -2.39. The number of halogens is 2. The highest BCUT2D eigenvalue weighted by Crippen LogP contribution is 2.44. The van der Waals surface area contributed by atoms with Gasteiger partial charge in [0.2, 0.25) is 0 Å². The molecule has 0 radical (unpaired) electrons. The lowest BCUT2D eigenvalue weighted by molar-refractivity contribution is -0.384. The van der Waals surface area contributed by atoms with Crippen molar-refractivity contribution in [1.82, 2.24) is 4.57 Å². The van der Waals surface area contributed by atoms with Gasteiger partial charge >= 0.3 is 0 Å². The first-order chi connectivity index (χ1) is 21.8. The molecule has 0 fully saturated rings. The fourth-order valence-corrected chi connectivity index (χ4v) is 7.39. The minimum atomic E-state index is -0.601. The van der Waals surface area contributed by atoms with E-state index in [1.165, 1.54) is 29.0 Å². The minimum absolute atomic E-state index is 0.0656. The second kappa shape index (κ2) is 11.4. The molecule has 1 aliphatic carbocycles. The Bertz CT molecular complexity index is 2250. The Morgan fingerprint density at radius 3 is 2.62 bits per heavy atom. The Hall–Kier alpha value is -4.64. The zero-order chi connectivity index (χ0) is 31.4. The van der Waals surface area contributed by atoms with E-state index in [1.54, 1.807) is 37.0 Å². The van der Waals surface area contributed by atoms with Gasteiger partial charge in [-0.3, -0.25) is 19.5 Å². The highest BCUT2D eigenvalue weighted by Gasteiger charge is 2.34. The standard InChI is InChI=1S/C33H23Cl2N3O6S/c1-42-18-8-11-27(43-2)23(13-18)31-21-10-7-17-5-3-4-6-20(17)30(21)36-33-37(31)32(39)29(45-33)14-19-9-12-28(44-19)22-15-25(35)26(38(40)41)16-24(22)34/h3-6,8-9,11-16,31H,7,10H2,1-2H3/b29-14-/t31-/m1/s1. The zero-order valence-corrected chi connectivity index (χ0v) is 26.2. The first kappa shape index (κ1) is 29.1. The summed E-state index contributed by atoms with van der Waals surface area (Å²) in [6, 6.07) is 19.3. The van der Waals surface area contributed by atoms with Gasteiger partial charge in [-0.25, -0.2) is 4.99 Å². The number of hydrogen-bond donors (Lipinski definition) is 0. The van der Waals surface area contributed by atoms with Crippen molar-refractivity contribution in [2.24, 2.45) is 4.99 Å². The van der Waals surface area contributed by atoms with Crippen molar-refractivity contribution in [3.05, 3.63) is 135 Å². The van der Waals surface area contributed by atoms with Crippen molar-refractivity contribution in [2.75, 3.05) is 14.2 Å². The number of methoxy groups -OCH3 is 2. The summed E-state index contributed by atoms with van der Waals surface area (Å²) in [6.45, 7) is 0. The quantitative estimate of drug-likeness (QED) is 0.146. The second-order valence-electron chi connectivity index (χ2n) is 10.5. The number of nitro benzene ring substituents is 1. The van der Waals surface area contributed by atoms with E-state index in [-0.39, 0.29) is 21.3 Å². The highest BCUT2D eigenvalue weighted by molar-refractivity contribution is 7.07. The molecular weight excluding hydrogens is 637 g/mol. The van der Waals surface area contributed by atoms with Crippen LogP contribution in [0.15, 0.2) is 86.5 Å². The molecule has 0 unspecified atom stereocenters. The molecule has 9 nitrogen and oxygen atoms in total. The van der Waals surface area contributed by atoms with E-state index in [4.69, 9.17) is 42.1 Å². The number of allylic oxidation sites excluding steroid dienone is 1. The average Bonchev–Trinajstić information content (AvgIpc) is 3.64. The molecule has 226 valence electrons. The number of hydrogen-bond acceptors (Lipinski definition) is 8. The van der Waals surface area contributed by atoms with Gasteiger partial charge in [0, 0.05) is 28.8 Å². The molecule has 1 atom stereocenters. The van der Waals surface area contributed by atoms with Crippen LogP contribution in [-0.2, 0) is 6.42 Å². The van der Waals surface area contributed by atoms with Gasteiger partial charge in [0.25, 0.3) is 11.2 Å². The van der Waals surface area contributed by atoms with Crippen LogP contribution in [0, 0.1) is 10.1 Å². The van der Waals surface area contributed by atoms with Crippen molar-refractivity contribution in [3.8, 4) is 22.8 Å². The summed E-state index contributed by atoms with van der Waals surface area (Å²) in [5, 5.41) is 11.3. The molecule has 0 saturated carbocycles. The van der Waals surface area contributed by atoms with E-state index in [0.29, 0.717) is 37.9 Å². The average molecular weight is 661 g/mol. The number of rotatable bonds is 6. The Balaban J connectivity index is 1.40. The Labute approximate surface area is 270 Å². The number of aromatic nitrogens is 1. The number of aryl methyl sites for hydroxylation is 1. The maximum Gasteiger partial charge on any atom is 0.289 e. The molecule has 5 aromatic rings. The molecule has 3 heterocycles. The zero-order valence-electron chi connectivity index (χ0n) is 23.9. The molecule has 45 heavy (non-hydrogen) atoms. The summed E-state index contributed by atoms with van der Waals surface area (Å²) in [6.07, 6.45) is 3.21. The monoisotopic (exact) mass is 659 g/mol. The van der Waals surface area contributed by atoms with Crippen molar-refractivity contribution >= 4 is 52.0 Å². The second-order valence-corrected chi connectivity index (χ2v) is 12.3. The fourth-order valence-electron chi connectivity index (χ4n) is 5.92. The summed E-state index contributed by atoms with van der Waals surface area (Å²) in [4.78, 5) is 30.4. The van der Waals surface area contributed by atoms with Crippen molar-refractivity contribution in [1.29, 1.82) is 0 Å². The Kier molecular flexibility index (Phi) is 7.35. The van der Waals surface area contributed by atoms with Gasteiger partial charge in [0.15, 0.2) is 4.80 Å². The smallest absolute Gasteiger partial charge is 0.289 e. The van der Waals surface area contributed by atoms with E-state index in [1.807, 2.05) is 30.3 Å². The third kappa shape index (κ3) is 4.95. The van der Waals surface area contributed by atoms with Crippen LogP contribution in [0.4, 0.5) is 5.69 Å². The highest BCUT2D eigenvalue weighted by atomic mass is 35.5. The Morgan fingerprint density at radius 1 is 1.02 bits per heavy atom. The van der Waals surface area contributed by atoms with Crippen LogP contribution in [0.3, 0.4) is 0 Å². The molecule has 2 aromatic heterocycles. The third-order valence-electron chi connectivity index (χ3n) is 8.00. The van der Waals surface area contributed by atoms with Gasteiger partial charge in [0.05, 0.1) is 40.4 Å². The predicted octanol–water partition coefficient (Wildman–Crippen LogP) is 6.81. The van der Waals surface area contributed by atoms with Gasteiger partial charge in [-0.2, -0.15) is 0 Å². The first-order valence-electron chi connectivity index (χ1n) is 13.9. The van der Waals surface area contributed by atoms with E-state index in [2.05, 4.69) is 12.1 Å².